The molecule has 9 heteroatoms. The number of rotatable bonds is 7. The van der Waals surface area contributed by atoms with Crippen LogP contribution in [-0.2, 0) is 4.79 Å². The third-order valence-electron chi connectivity index (χ3n) is 4.68. The van der Waals surface area contributed by atoms with Crippen molar-refractivity contribution in [2.75, 3.05) is 11.9 Å². The molecule has 32 heavy (non-hydrogen) atoms. The molecule has 1 aromatic carbocycles. The summed E-state index contributed by atoms with van der Waals surface area (Å²) in [6.07, 6.45) is 1.53. The van der Waals surface area contributed by atoms with Crippen LogP contribution >= 0.6 is 0 Å². The topological polar surface area (TPSA) is 115 Å². The van der Waals surface area contributed by atoms with Gasteiger partial charge in [0, 0.05) is 12.1 Å². The van der Waals surface area contributed by atoms with Crippen molar-refractivity contribution in [2.24, 2.45) is 0 Å². The predicted molar refractivity (Wildman–Crippen MR) is 119 cm³/mol. The number of carbonyl (C=O) groups excluding carboxylic acids is 1. The Balaban J connectivity index is 1.63. The first-order chi connectivity index (χ1) is 15.4. The molecule has 3 aromatic heterocycles. The minimum Gasteiger partial charge on any atom is -0.484 e. The zero-order valence-corrected chi connectivity index (χ0v) is 18.0. The van der Waals surface area contributed by atoms with E-state index in [1.165, 1.54) is 17.0 Å². The predicted octanol–water partition coefficient (Wildman–Crippen LogP) is 3.66. The fraction of sp³-hybridized carbons (Fsp3) is 0.217. The molecule has 1 amide bonds. The summed E-state index contributed by atoms with van der Waals surface area (Å²) in [5.74, 6) is 1.26. The molecule has 0 saturated carbocycles. The molecule has 0 spiro atoms. The lowest BCUT2D eigenvalue weighted by atomic mass is 10.1. The third-order valence-corrected chi connectivity index (χ3v) is 4.68. The molecule has 4 aromatic rings. The molecule has 0 aliphatic rings. The van der Waals surface area contributed by atoms with E-state index in [1.807, 2.05) is 32.9 Å². The van der Waals surface area contributed by atoms with E-state index in [0.717, 1.165) is 5.56 Å². The average Bonchev–Trinajstić information content (AvgIpc) is 3.43. The molecule has 0 fully saturated rings. The van der Waals surface area contributed by atoms with Crippen molar-refractivity contribution in [3.8, 4) is 23.2 Å². The molecule has 3 heterocycles. The number of anilines is 1. The summed E-state index contributed by atoms with van der Waals surface area (Å²) in [6.45, 7) is 5.66. The molecule has 0 aliphatic heterocycles. The lowest BCUT2D eigenvalue weighted by Gasteiger charge is -2.11. The Bertz CT molecular complexity index is 1270. The Morgan fingerprint density at radius 2 is 2.00 bits per heavy atom. The second kappa shape index (κ2) is 8.93. The normalized spacial score (nSPS) is 11.0. The van der Waals surface area contributed by atoms with Crippen molar-refractivity contribution in [2.45, 2.75) is 26.7 Å². The number of aromatic amines is 1. The maximum absolute atomic E-state index is 12.6. The van der Waals surface area contributed by atoms with Gasteiger partial charge >= 0.3 is 0 Å². The summed E-state index contributed by atoms with van der Waals surface area (Å²) in [6, 6.07) is 14.0. The smallest absolute Gasteiger partial charge is 0.263 e. The van der Waals surface area contributed by atoms with Crippen molar-refractivity contribution in [1.82, 2.24) is 19.7 Å². The molecule has 164 valence electrons. The van der Waals surface area contributed by atoms with Gasteiger partial charge in [0.1, 0.15) is 17.3 Å². The van der Waals surface area contributed by atoms with Crippen LogP contribution in [0.25, 0.3) is 17.4 Å². The minimum atomic E-state index is -0.389. The van der Waals surface area contributed by atoms with Gasteiger partial charge in [-0.3, -0.25) is 14.6 Å². The van der Waals surface area contributed by atoms with Gasteiger partial charge in [0.25, 0.3) is 11.5 Å². The number of furan rings is 1. The molecular formula is C23H23N5O4. The van der Waals surface area contributed by atoms with Crippen molar-refractivity contribution in [3.05, 3.63) is 76.4 Å². The average molecular weight is 433 g/mol. The Hall–Kier alpha value is -4.14. The Labute approximate surface area is 184 Å². The number of hydrogen-bond donors (Lipinski definition) is 2. The molecule has 0 unspecified atom stereocenters. The highest BCUT2D eigenvalue weighted by Crippen LogP contribution is 2.24. The second-order valence-corrected chi connectivity index (χ2v) is 7.60. The van der Waals surface area contributed by atoms with Gasteiger partial charge in [-0.2, -0.15) is 9.78 Å². The lowest BCUT2D eigenvalue weighted by molar-refractivity contribution is -0.118. The SMILES string of the molecule is Cc1ccc(OCC(=O)Nc2cc(-c3ccco3)nn2-c2nc(C(C)C)cc(=O)[nH]2)cc1. The number of aryl methyl sites for hydroxylation is 1. The van der Waals surface area contributed by atoms with Crippen molar-refractivity contribution >= 4 is 11.7 Å². The summed E-state index contributed by atoms with van der Waals surface area (Å²) in [5, 5.41) is 7.25. The van der Waals surface area contributed by atoms with Gasteiger partial charge in [0.15, 0.2) is 12.4 Å². The first-order valence-corrected chi connectivity index (χ1v) is 10.1. The van der Waals surface area contributed by atoms with E-state index in [2.05, 4.69) is 20.4 Å². The van der Waals surface area contributed by atoms with Gasteiger partial charge in [-0.1, -0.05) is 31.5 Å². The standard InChI is InChI=1S/C23H23N5O4/c1-14(2)17-12-21(29)26-23(24-17)28-20(11-18(27-28)19-5-4-10-31-19)25-22(30)13-32-16-8-6-15(3)7-9-16/h4-12,14H,13H2,1-3H3,(H,25,30)(H,24,26,29). The molecule has 0 saturated heterocycles. The van der Waals surface area contributed by atoms with Gasteiger partial charge in [-0.05, 0) is 37.1 Å². The number of benzene rings is 1. The fourth-order valence-electron chi connectivity index (χ4n) is 3.00. The van der Waals surface area contributed by atoms with E-state index in [4.69, 9.17) is 9.15 Å². The summed E-state index contributed by atoms with van der Waals surface area (Å²) in [7, 11) is 0. The molecule has 0 radical (unpaired) electrons. The summed E-state index contributed by atoms with van der Waals surface area (Å²) in [4.78, 5) is 31.9. The Morgan fingerprint density at radius 3 is 2.69 bits per heavy atom. The van der Waals surface area contributed by atoms with Crippen LogP contribution < -0.4 is 15.6 Å². The van der Waals surface area contributed by atoms with Crippen LogP contribution in [0.1, 0.15) is 31.0 Å². The van der Waals surface area contributed by atoms with Gasteiger partial charge in [-0.25, -0.2) is 4.98 Å². The van der Waals surface area contributed by atoms with E-state index in [9.17, 15) is 9.59 Å². The summed E-state index contributed by atoms with van der Waals surface area (Å²) in [5.41, 5.74) is 1.87. The van der Waals surface area contributed by atoms with Crippen molar-refractivity contribution < 1.29 is 13.9 Å². The number of H-pyrrole nitrogens is 1. The van der Waals surface area contributed by atoms with Crippen LogP contribution in [0.4, 0.5) is 5.82 Å². The molecule has 9 nitrogen and oxygen atoms in total. The van der Waals surface area contributed by atoms with Crippen LogP contribution in [0.15, 0.2) is 64.0 Å². The zero-order chi connectivity index (χ0) is 22.7. The number of nitrogens with one attached hydrogen (secondary N) is 2. The van der Waals surface area contributed by atoms with Crippen LogP contribution in [0, 0.1) is 6.92 Å². The van der Waals surface area contributed by atoms with Gasteiger partial charge < -0.3 is 14.5 Å². The quantitative estimate of drug-likeness (QED) is 0.460. The van der Waals surface area contributed by atoms with Gasteiger partial charge in [0.2, 0.25) is 5.95 Å². The zero-order valence-electron chi connectivity index (χ0n) is 18.0. The van der Waals surface area contributed by atoms with E-state index in [-0.39, 0.29) is 29.9 Å². The number of carbonyl (C=O) groups is 1. The number of ether oxygens (including phenoxy) is 1. The molecule has 0 bridgehead atoms. The van der Waals surface area contributed by atoms with Crippen LogP contribution in [0.3, 0.4) is 0 Å². The van der Waals surface area contributed by atoms with Crippen LogP contribution in [0.2, 0.25) is 0 Å². The fourth-order valence-corrected chi connectivity index (χ4v) is 3.00. The van der Waals surface area contributed by atoms with Gasteiger partial charge in [-0.15, -0.1) is 0 Å². The van der Waals surface area contributed by atoms with Crippen LogP contribution in [0.5, 0.6) is 5.75 Å². The minimum absolute atomic E-state index is 0.0390. The number of hydrogen-bond acceptors (Lipinski definition) is 6. The highest BCUT2D eigenvalue weighted by molar-refractivity contribution is 5.91. The number of amides is 1. The first kappa shape index (κ1) is 21.1. The second-order valence-electron chi connectivity index (χ2n) is 7.60. The maximum atomic E-state index is 12.6. The molecule has 0 atom stereocenters. The maximum Gasteiger partial charge on any atom is 0.263 e. The van der Waals surface area contributed by atoms with E-state index in [0.29, 0.717) is 28.7 Å². The van der Waals surface area contributed by atoms with E-state index in [1.54, 1.807) is 30.3 Å². The number of nitrogens with zero attached hydrogens (tertiary/aromatic N) is 3. The van der Waals surface area contributed by atoms with Crippen molar-refractivity contribution in [1.29, 1.82) is 0 Å². The molecule has 2 N–H and O–H groups in total. The largest absolute Gasteiger partial charge is 0.484 e. The highest BCUT2D eigenvalue weighted by atomic mass is 16.5. The Kier molecular flexibility index (Phi) is 5.89. The molecule has 0 aliphatic carbocycles. The van der Waals surface area contributed by atoms with E-state index >= 15 is 0 Å². The monoisotopic (exact) mass is 433 g/mol. The van der Waals surface area contributed by atoms with Crippen molar-refractivity contribution in [3.63, 3.8) is 0 Å². The summed E-state index contributed by atoms with van der Waals surface area (Å²) < 4.78 is 12.3. The highest BCUT2D eigenvalue weighted by Gasteiger charge is 2.18. The number of aromatic nitrogens is 4. The van der Waals surface area contributed by atoms with Crippen LogP contribution in [-0.4, -0.2) is 32.3 Å². The van der Waals surface area contributed by atoms with E-state index < -0.39 is 0 Å². The Morgan fingerprint density at radius 1 is 1.22 bits per heavy atom. The van der Waals surface area contributed by atoms with Gasteiger partial charge in [0.05, 0.1) is 12.0 Å². The molecular weight excluding hydrogens is 410 g/mol. The first-order valence-electron chi connectivity index (χ1n) is 10.1. The third kappa shape index (κ3) is 4.77. The molecule has 4 rings (SSSR count). The lowest BCUT2D eigenvalue weighted by Crippen LogP contribution is -2.23. The summed E-state index contributed by atoms with van der Waals surface area (Å²) >= 11 is 0.